The smallest absolute Gasteiger partial charge is 0.134 e. The molecule has 1 saturated heterocycles. The first-order valence-electron chi connectivity index (χ1n) is 8.13. The van der Waals surface area contributed by atoms with Crippen molar-refractivity contribution in [2.24, 2.45) is 0 Å². The third kappa shape index (κ3) is 3.84. The molecule has 0 aromatic carbocycles. The average molecular weight is 291 g/mol. The van der Waals surface area contributed by atoms with Crippen LogP contribution < -0.4 is 10.2 Å². The van der Waals surface area contributed by atoms with E-state index in [2.05, 4.69) is 60.9 Å². The zero-order valence-electron chi connectivity index (χ0n) is 14.1. The Balaban J connectivity index is 2.25. The molecule has 0 aliphatic carbocycles. The summed E-state index contributed by atoms with van der Waals surface area (Å²) in [6, 6.07) is 3.18. The van der Waals surface area contributed by atoms with E-state index < -0.39 is 0 Å². The van der Waals surface area contributed by atoms with Gasteiger partial charge in [0.15, 0.2) is 0 Å². The Labute approximate surface area is 128 Å². The molecule has 5 nitrogen and oxygen atoms in total. The minimum Gasteiger partial charge on any atom is -0.370 e. The fourth-order valence-corrected chi connectivity index (χ4v) is 2.84. The van der Waals surface area contributed by atoms with Gasteiger partial charge in [0, 0.05) is 44.2 Å². The number of hydrogen-bond acceptors (Lipinski definition) is 5. The Bertz CT molecular complexity index is 426. The first kappa shape index (κ1) is 16.0. The van der Waals surface area contributed by atoms with Crippen LogP contribution in [0.5, 0.6) is 0 Å². The number of anilines is 2. The van der Waals surface area contributed by atoms with Crippen molar-refractivity contribution in [2.45, 2.75) is 52.6 Å². The Morgan fingerprint density at radius 1 is 1.19 bits per heavy atom. The summed E-state index contributed by atoms with van der Waals surface area (Å²) >= 11 is 0. The molecule has 0 saturated carbocycles. The lowest BCUT2D eigenvalue weighted by Gasteiger charge is -2.43. The summed E-state index contributed by atoms with van der Waals surface area (Å²) in [6.07, 6.45) is 2.01. The first-order chi connectivity index (χ1) is 10.0. The maximum Gasteiger partial charge on any atom is 0.134 e. The van der Waals surface area contributed by atoms with Crippen molar-refractivity contribution >= 4 is 11.6 Å². The molecule has 0 spiro atoms. The summed E-state index contributed by atoms with van der Waals surface area (Å²) in [7, 11) is 2.21. The third-order valence-electron chi connectivity index (χ3n) is 4.27. The fourth-order valence-electron chi connectivity index (χ4n) is 2.84. The van der Waals surface area contributed by atoms with E-state index in [1.165, 1.54) is 0 Å². The second-order valence-corrected chi connectivity index (χ2v) is 6.08. The second-order valence-electron chi connectivity index (χ2n) is 6.08. The summed E-state index contributed by atoms with van der Waals surface area (Å²) in [4.78, 5) is 14.2. The summed E-state index contributed by atoms with van der Waals surface area (Å²) in [6.45, 7) is 11.8. The van der Waals surface area contributed by atoms with Crippen LogP contribution in [0.3, 0.4) is 0 Å². The molecular weight excluding hydrogens is 262 g/mol. The lowest BCUT2D eigenvalue weighted by atomic mass is 10.1. The molecule has 1 aromatic heterocycles. The van der Waals surface area contributed by atoms with Crippen LogP contribution in [0.1, 0.15) is 39.9 Å². The predicted octanol–water partition coefficient (Wildman–Crippen LogP) is 2.39. The molecule has 0 radical (unpaired) electrons. The Morgan fingerprint density at radius 3 is 2.43 bits per heavy atom. The molecule has 2 rings (SSSR count). The minimum atomic E-state index is 0.543. The maximum absolute atomic E-state index is 4.78. The second kappa shape index (κ2) is 7.07. The molecule has 1 aliphatic rings. The van der Waals surface area contributed by atoms with Crippen molar-refractivity contribution < 1.29 is 0 Å². The highest BCUT2D eigenvalue weighted by atomic mass is 15.3. The van der Waals surface area contributed by atoms with Gasteiger partial charge in [0.05, 0.1) is 0 Å². The Hall–Kier alpha value is -1.36. The van der Waals surface area contributed by atoms with E-state index >= 15 is 0 Å². The van der Waals surface area contributed by atoms with Crippen molar-refractivity contribution in [3.05, 3.63) is 11.9 Å². The molecule has 5 heteroatoms. The van der Waals surface area contributed by atoms with Gasteiger partial charge in [0.1, 0.15) is 17.5 Å². The summed E-state index contributed by atoms with van der Waals surface area (Å²) < 4.78 is 0. The van der Waals surface area contributed by atoms with Crippen LogP contribution in [0.4, 0.5) is 11.6 Å². The van der Waals surface area contributed by atoms with Crippen molar-refractivity contribution in [2.75, 3.05) is 36.9 Å². The number of aromatic nitrogens is 2. The van der Waals surface area contributed by atoms with Crippen molar-refractivity contribution in [1.82, 2.24) is 14.9 Å². The van der Waals surface area contributed by atoms with Gasteiger partial charge in [-0.2, -0.15) is 0 Å². The van der Waals surface area contributed by atoms with Gasteiger partial charge in [-0.1, -0.05) is 6.92 Å². The van der Waals surface area contributed by atoms with Gasteiger partial charge in [-0.25, -0.2) is 9.97 Å². The Kier molecular flexibility index (Phi) is 5.39. The maximum atomic E-state index is 4.78. The molecule has 0 bridgehead atoms. The molecular formula is C16H29N5. The minimum absolute atomic E-state index is 0.543. The van der Waals surface area contributed by atoms with Crippen LogP contribution in [0.25, 0.3) is 0 Å². The van der Waals surface area contributed by atoms with E-state index in [1.54, 1.807) is 0 Å². The van der Waals surface area contributed by atoms with E-state index in [-0.39, 0.29) is 0 Å². The third-order valence-corrected chi connectivity index (χ3v) is 4.27. The molecule has 1 N–H and O–H groups in total. The molecule has 2 atom stereocenters. The molecule has 1 fully saturated rings. The van der Waals surface area contributed by atoms with Gasteiger partial charge in [0.2, 0.25) is 0 Å². The van der Waals surface area contributed by atoms with Gasteiger partial charge in [-0.3, -0.25) is 4.90 Å². The topological polar surface area (TPSA) is 44.3 Å². The van der Waals surface area contributed by atoms with Crippen molar-refractivity contribution in [3.8, 4) is 0 Å². The van der Waals surface area contributed by atoms with E-state index in [9.17, 15) is 0 Å². The lowest BCUT2D eigenvalue weighted by molar-refractivity contribution is 0.169. The van der Waals surface area contributed by atoms with Gasteiger partial charge in [-0.05, 0) is 34.2 Å². The van der Waals surface area contributed by atoms with Crippen LogP contribution >= 0.6 is 0 Å². The lowest BCUT2D eigenvalue weighted by Crippen LogP contribution is -2.55. The molecule has 21 heavy (non-hydrogen) atoms. The van der Waals surface area contributed by atoms with E-state index in [0.29, 0.717) is 12.1 Å². The highest BCUT2D eigenvalue weighted by Crippen LogP contribution is 2.22. The van der Waals surface area contributed by atoms with Crippen molar-refractivity contribution in [3.63, 3.8) is 0 Å². The van der Waals surface area contributed by atoms with Crippen LogP contribution in [-0.4, -0.2) is 53.6 Å². The van der Waals surface area contributed by atoms with Crippen LogP contribution in [-0.2, 0) is 6.42 Å². The first-order valence-corrected chi connectivity index (χ1v) is 8.13. The quantitative estimate of drug-likeness (QED) is 0.902. The highest BCUT2D eigenvalue weighted by molar-refractivity contribution is 5.50. The van der Waals surface area contributed by atoms with E-state index in [4.69, 9.17) is 4.98 Å². The van der Waals surface area contributed by atoms with E-state index in [1.807, 2.05) is 0 Å². The normalized spacial score (nSPS) is 23.4. The zero-order chi connectivity index (χ0) is 15.4. The SMILES string of the molecule is CCCc1nc(NCC)cc(N2CC(C)N(C)C(C)C2)n1. The van der Waals surface area contributed by atoms with Gasteiger partial charge < -0.3 is 10.2 Å². The number of piperazine rings is 1. The van der Waals surface area contributed by atoms with E-state index in [0.717, 1.165) is 49.9 Å². The number of likely N-dealkylation sites (N-methyl/N-ethyl adjacent to an activating group) is 1. The number of rotatable bonds is 5. The molecule has 1 aromatic rings. The molecule has 118 valence electrons. The molecule has 0 amide bonds. The summed E-state index contributed by atoms with van der Waals surface area (Å²) in [5.74, 6) is 2.96. The Morgan fingerprint density at radius 2 is 1.86 bits per heavy atom. The van der Waals surface area contributed by atoms with Crippen LogP contribution in [0, 0.1) is 0 Å². The predicted molar refractivity (Wildman–Crippen MR) is 89.1 cm³/mol. The molecule has 2 unspecified atom stereocenters. The van der Waals surface area contributed by atoms with Gasteiger partial charge in [0.25, 0.3) is 0 Å². The number of aryl methyl sites for hydroxylation is 1. The number of nitrogens with zero attached hydrogens (tertiary/aromatic N) is 4. The number of hydrogen-bond donors (Lipinski definition) is 1. The largest absolute Gasteiger partial charge is 0.370 e. The fraction of sp³-hybridized carbons (Fsp3) is 0.750. The molecule has 1 aliphatic heterocycles. The van der Waals surface area contributed by atoms with Crippen LogP contribution in [0.15, 0.2) is 6.07 Å². The van der Waals surface area contributed by atoms with Gasteiger partial charge in [-0.15, -0.1) is 0 Å². The zero-order valence-corrected chi connectivity index (χ0v) is 14.1. The highest BCUT2D eigenvalue weighted by Gasteiger charge is 2.27. The molecule has 2 heterocycles. The standard InChI is InChI=1S/C16H29N5/c1-6-8-14-18-15(17-7-2)9-16(19-14)21-10-12(3)20(5)13(4)11-21/h9,12-13H,6-8,10-11H2,1-5H3,(H,17,18,19). The summed E-state index contributed by atoms with van der Waals surface area (Å²) in [5.41, 5.74) is 0. The number of nitrogens with one attached hydrogen (secondary N) is 1. The monoisotopic (exact) mass is 291 g/mol. The van der Waals surface area contributed by atoms with Crippen molar-refractivity contribution in [1.29, 1.82) is 0 Å². The summed E-state index contributed by atoms with van der Waals surface area (Å²) in [5, 5.41) is 3.33. The van der Waals surface area contributed by atoms with Gasteiger partial charge >= 0.3 is 0 Å². The van der Waals surface area contributed by atoms with Crippen LogP contribution in [0.2, 0.25) is 0 Å². The average Bonchev–Trinajstić information content (AvgIpc) is 2.44.